The Hall–Kier alpha value is -3.19. The first-order valence-electron chi connectivity index (χ1n) is 10.8. The Morgan fingerprint density at radius 3 is 2.47 bits per heavy atom. The number of rotatable bonds is 6. The molecule has 2 aromatic carbocycles. The lowest BCUT2D eigenvalue weighted by molar-refractivity contribution is -0.111. The summed E-state index contributed by atoms with van der Waals surface area (Å²) in [7, 11) is -3.09. The van der Waals surface area contributed by atoms with Crippen molar-refractivity contribution in [2.24, 2.45) is 0 Å². The van der Waals surface area contributed by atoms with Gasteiger partial charge in [0.25, 0.3) is 0 Å². The fourth-order valence-corrected chi connectivity index (χ4v) is 5.51. The quantitative estimate of drug-likeness (QED) is 0.554. The van der Waals surface area contributed by atoms with Crippen LogP contribution in [0.2, 0.25) is 0 Å². The van der Waals surface area contributed by atoms with Gasteiger partial charge >= 0.3 is 0 Å². The number of nitrogens with zero attached hydrogens (tertiary/aromatic N) is 2. The molecule has 0 bridgehead atoms. The summed E-state index contributed by atoms with van der Waals surface area (Å²) in [5, 5.41) is 7.52. The molecule has 3 aromatic rings. The highest BCUT2D eigenvalue weighted by Gasteiger charge is 2.31. The Morgan fingerprint density at radius 2 is 1.84 bits per heavy atom. The van der Waals surface area contributed by atoms with E-state index in [0.717, 1.165) is 11.1 Å². The maximum absolute atomic E-state index is 12.6. The van der Waals surface area contributed by atoms with E-state index < -0.39 is 9.84 Å². The molecule has 0 saturated carbocycles. The van der Waals surface area contributed by atoms with E-state index in [9.17, 15) is 13.2 Å². The summed E-state index contributed by atoms with van der Waals surface area (Å²) in [6.45, 7) is 4.28. The van der Waals surface area contributed by atoms with Gasteiger partial charge in [-0.1, -0.05) is 68.4 Å². The average molecular weight is 450 g/mol. The fourth-order valence-electron chi connectivity index (χ4n) is 3.82. The van der Waals surface area contributed by atoms with Crippen LogP contribution in [0.1, 0.15) is 43.4 Å². The molecule has 1 saturated heterocycles. The van der Waals surface area contributed by atoms with Gasteiger partial charge in [-0.2, -0.15) is 5.10 Å². The average Bonchev–Trinajstić information content (AvgIpc) is 3.36. The van der Waals surface area contributed by atoms with Gasteiger partial charge in [-0.25, -0.2) is 13.1 Å². The first-order valence-corrected chi connectivity index (χ1v) is 12.6. The largest absolute Gasteiger partial charge is 0.307 e. The maximum atomic E-state index is 12.6. The minimum absolute atomic E-state index is 0.0316. The van der Waals surface area contributed by atoms with Crippen molar-refractivity contribution in [2.75, 3.05) is 16.8 Å². The Balaban J connectivity index is 1.56. The van der Waals surface area contributed by atoms with Gasteiger partial charge in [0.2, 0.25) is 5.91 Å². The number of carbonyl (C=O) groups is 1. The third kappa shape index (κ3) is 5.16. The van der Waals surface area contributed by atoms with E-state index in [1.54, 1.807) is 16.8 Å². The molecule has 7 heteroatoms. The highest BCUT2D eigenvalue weighted by atomic mass is 32.2. The molecule has 1 aromatic heterocycles. The molecule has 1 amide bonds. The molecule has 2 heterocycles. The van der Waals surface area contributed by atoms with E-state index in [-0.39, 0.29) is 23.5 Å². The van der Waals surface area contributed by atoms with Crippen molar-refractivity contribution in [2.45, 2.75) is 32.2 Å². The number of anilines is 1. The second kappa shape index (κ2) is 9.12. The normalized spacial score (nSPS) is 17.8. The molecular weight excluding hydrogens is 422 g/mol. The van der Waals surface area contributed by atoms with Gasteiger partial charge in [0.05, 0.1) is 23.2 Å². The second-order valence-electron chi connectivity index (χ2n) is 8.43. The summed E-state index contributed by atoms with van der Waals surface area (Å²) in [5.74, 6) is 0.826. The topological polar surface area (TPSA) is 81.1 Å². The second-order valence-corrected chi connectivity index (χ2v) is 10.7. The zero-order chi connectivity index (χ0) is 22.7. The molecule has 1 aliphatic rings. The van der Waals surface area contributed by atoms with Crippen LogP contribution in [-0.4, -0.2) is 35.6 Å². The number of benzene rings is 2. The number of carbonyl (C=O) groups excluding carboxylic acids is 1. The third-order valence-electron chi connectivity index (χ3n) is 5.64. The number of hydrogen-bond donors (Lipinski definition) is 1. The highest BCUT2D eigenvalue weighted by molar-refractivity contribution is 7.91. The minimum Gasteiger partial charge on any atom is -0.307 e. The first-order chi connectivity index (χ1) is 15.3. The molecule has 1 aliphatic heterocycles. The van der Waals surface area contributed by atoms with Crippen molar-refractivity contribution in [1.82, 2.24) is 9.78 Å². The van der Waals surface area contributed by atoms with Crippen molar-refractivity contribution in [1.29, 1.82) is 0 Å². The van der Waals surface area contributed by atoms with E-state index in [2.05, 4.69) is 36.4 Å². The van der Waals surface area contributed by atoms with E-state index >= 15 is 0 Å². The monoisotopic (exact) mass is 449 g/mol. The van der Waals surface area contributed by atoms with Crippen LogP contribution in [0.3, 0.4) is 0 Å². The van der Waals surface area contributed by atoms with E-state index in [4.69, 9.17) is 0 Å². The molecule has 32 heavy (non-hydrogen) atoms. The van der Waals surface area contributed by atoms with Crippen LogP contribution < -0.4 is 5.32 Å². The maximum Gasteiger partial charge on any atom is 0.249 e. The van der Waals surface area contributed by atoms with Crippen LogP contribution in [-0.2, 0) is 14.6 Å². The van der Waals surface area contributed by atoms with Crippen LogP contribution in [0.15, 0.2) is 66.7 Å². The summed E-state index contributed by atoms with van der Waals surface area (Å²) in [4.78, 5) is 12.6. The van der Waals surface area contributed by atoms with Crippen LogP contribution in [0.4, 0.5) is 5.82 Å². The van der Waals surface area contributed by atoms with Crippen LogP contribution >= 0.6 is 0 Å². The summed E-state index contributed by atoms with van der Waals surface area (Å²) in [6, 6.07) is 19.2. The molecule has 0 spiro atoms. The van der Waals surface area contributed by atoms with Gasteiger partial charge in [0.1, 0.15) is 5.82 Å². The number of hydrogen-bond acceptors (Lipinski definition) is 4. The van der Waals surface area contributed by atoms with Crippen molar-refractivity contribution in [3.05, 3.63) is 77.9 Å². The SMILES string of the molecule is CC(C)c1ccc(/C=C/C(=O)Nc2cc(-c3ccccc3)nn2C2CCS(=O)(=O)C2)cc1. The van der Waals surface area contributed by atoms with Gasteiger partial charge in [-0.05, 0) is 29.5 Å². The van der Waals surface area contributed by atoms with Gasteiger partial charge < -0.3 is 5.32 Å². The van der Waals surface area contributed by atoms with Crippen LogP contribution in [0.5, 0.6) is 0 Å². The predicted molar refractivity (Wildman–Crippen MR) is 128 cm³/mol. The van der Waals surface area contributed by atoms with E-state index in [1.165, 1.54) is 11.6 Å². The zero-order valence-corrected chi connectivity index (χ0v) is 19.0. The van der Waals surface area contributed by atoms with Crippen molar-refractivity contribution in [3.8, 4) is 11.3 Å². The molecule has 166 valence electrons. The van der Waals surface area contributed by atoms with Crippen molar-refractivity contribution < 1.29 is 13.2 Å². The summed E-state index contributed by atoms with van der Waals surface area (Å²) >= 11 is 0. The molecule has 1 atom stereocenters. The van der Waals surface area contributed by atoms with Gasteiger partial charge in [0.15, 0.2) is 9.84 Å². The van der Waals surface area contributed by atoms with E-state index in [1.807, 2.05) is 42.5 Å². The molecule has 6 nitrogen and oxygen atoms in total. The number of amides is 1. The molecular formula is C25H27N3O3S. The lowest BCUT2D eigenvalue weighted by atomic mass is 10.0. The number of nitrogens with one attached hydrogen (secondary N) is 1. The Labute approximate surface area is 188 Å². The summed E-state index contributed by atoms with van der Waals surface area (Å²) < 4.78 is 25.7. The van der Waals surface area contributed by atoms with Crippen LogP contribution in [0.25, 0.3) is 17.3 Å². The van der Waals surface area contributed by atoms with Gasteiger partial charge in [-0.3, -0.25) is 4.79 Å². The Bertz CT molecular complexity index is 1230. The predicted octanol–water partition coefficient (Wildman–Crippen LogP) is 4.69. The van der Waals surface area contributed by atoms with Gasteiger partial charge in [0, 0.05) is 17.7 Å². The standard InChI is InChI=1S/C25H27N3O3S/c1-18(2)20-11-8-19(9-12-20)10-13-25(29)26-24-16-23(21-6-4-3-5-7-21)27-28(24)22-14-15-32(30,31)17-22/h3-13,16,18,22H,14-15,17H2,1-2H3,(H,26,29)/b13-10+. The van der Waals surface area contributed by atoms with Crippen LogP contribution in [0, 0.1) is 0 Å². The summed E-state index contributed by atoms with van der Waals surface area (Å²) in [6.07, 6.45) is 3.73. The highest BCUT2D eigenvalue weighted by Crippen LogP contribution is 2.30. The van der Waals surface area contributed by atoms with Gasteiger partial charge in [-0.15, -0.1) is 0 Å². The van der Waals surface area contributed by atoms with E-state index in [0.29, 0.717) is 23.9 Å². The Kier molecular flexibility index (Phi) is 6.28. The van der Waals surface area contributed by atoms with Crippen molar-refractivity contribution in [3.63, 3.8) is 0 Å². The lowest BCUT2D eigenvalue weighted by Crippen LogP contribution is -2.18. The molecule has 4 rings (SSSR count). The fraction of sp³-hybridized carbons (Fsp3) is 0.280. The lowest BCUT2D eigenvalue weighted by Gasteiger charge is -2.13. The smallest absolute Gasteiger partial charge is 0.249 e. The Morgan fingerprint density at radius 1 is 1.12 bits per heavy atom. The molecule has 1 fully saturated rings. The minimum atomic E-state index is -3.09. The molecule has 1 unspecified atom stereocenters. The number of aromatic nitrogens is 2. The summed E-state index contributed by atoms with van der Waals surface area (Å²) in [5.41, 5.74) is 3.78. The first kappa shape index (κ1) is 22.0. The number of sulfone groups is 1. The molecule has 0 radical (unpaired) electrons. The molecule has 0 aliphatic carbocycles. The third-order valence-corrected chi connectivity index (χ3v) is 7.39. The zero-order valence-electron chi connectivity index (χ0n) is 18.2. The van der Waals surface area contributed by atoms with Crippen molar-refractivity contribution >= 4 is 27.6 Å². The molecule has 1 N–H and O–H groups in total.